The molecule has 2 rings (SSSR count). The second-order valence-corrected chi connectivity index (χ2v) is 6.97. The Hall–Kier alpha value is -2.41. The van der Waals surface area contributed by atoms with Gasteiger partial charge >= 0.3 is 10.1 Å². The first kappa shape index (κ1) is 17.0. The summed E-state index contributed by atoms with van der Waals surface area (Å²) in [7, 11) is -4.30. The summed E-state index contributed by atoms with van der Waals surface area (Å²) < 4.78 is 30.2. The van der Waals surface area contributed by atoms with Gasteiger partial charge in [-0.15, -0.1) is 0 Å². The number of benzene rings is 2. The second kappa shape index (κ2) is 6.37. The van der Waals surface area contributed by atoms with E-state index in [1.165, 1.54) is 12.1 Å². The maximum atomic E-state index is 12.5. The Morgan fingerprint density at radius 1 is 1.13 bits per heavy atom. The van der Waals surface area contributed by atoms with Crippen LogP contribution in [0, 0.1) is 17.0 Å². The van der Waals surface area contributed by atoms with E-state index in [2.05, 4.69) is 0 Å². The summed E-state index contributed by atoms with van der Waals surface area (Å²) in [5, 5.41) is 11.0. The summed E-state index contributed by atoms with van der Waals surface area (Å²) in [6.07, 6.45) is 0. The van der Waals surface area contributed by atoms with Crippen molar-refractivity contribution in [2.24, 2.45) is 0 Å². The molecule has 0 amide bonds. The highest BCUT2D eigenvalue weighted by molar-refractivity contribution is 7.87. The first-order valence-corrected chi connectivity index (χ1v) is 8.41. The fourth-order valence-electron chi connectivity index (χ4n) is 2.17. The molecule has 0 aliphatic rings. The van der Waals surface area contributed by atoms with Gasteiger partial charge in [0, 0.05) is 6.07 Å². The van der Waals surface area contributed by atoms with Crippen molar-refractivity contribution in [1.82, 2.24) is 0 Å². The summed E-state index contributed by atoms with van der Waals surface area (Å²) in [5.41, 5.74) is 1.05. The summed E-state index contributed by atoms with van der Waals surface area (Å²) in [6, 6.07) is 10.4. The molecule has 7 heteroatoms. The highest BCUT2D eigenvalue weighted by Gasteiger charge is 2.28. The molecule has 122 valence electrons. The molecule has 0 bridgehead atoms. The van der Waals surface area contributed by atoms with Gasteiger partial charge in [0.15, 0.2) is 4.90 Å². The van der Waals surface area contributed by atoms with Gasteiger partial charge in [-0.25, -0.2) is 0 Å². The lowest BCUT2D eigenvalue weighted by Gasteiger charge is -2.14. The molecular weight excluding hydrogens is 318 g/mol. The van der Waals surface area contributed by atoms with E-state index in [1.54, 1.807) is 12.1 Å². The van der Waals surface area contributed by atoms with Crippen molar-refractivity contribution < 1.29 is 17.5 Å². The third-order valence-electron chi connectivity index (χ3n) is 3.32. The molecule has 0 atom stereocenters. The third kappa shape index (κ3) is 3.68. The Morgan fingerprint density at radius 2 is 1.78 bits per heavy atom. The fraction of sp³-hybridized carbons (Fsp3) is 0.250. The molecule has 6 nitrogen and oxygen atoms in total. The van der Waals surface area contributed by atoms with Gasteiger partial charge in [-0.1, -0.05) is 38.1 Å². The van der Waals surface area contributed by atoms with Gasteiger partial charge in [0.25, 0.3) is 5.69 Å². The van der Waals surface area contributed by atoms with Crippen LogP contribution in [0.5, 0.6) is 5.75 Å². The third-order valence-corrected chi connectivity index (χ3v) is 4.60. The van der Waals surface area contributed by atoms with E-state index in [9.17, 15) is 18.5 Å². The average Bonchev–Trinajstić information content (AvgIpc) is 2.46. The molecule has 0 unspecified atom stereocenters. The lowest BCUT2D eigenvalue weighted by molar-refractivity contribution is -0.387. The zero-order chi connectivity index (χ0) is 17.2. The molecule has 0 heterocycles. The maximum Gasteiger partial charge on any atom is 0.346 e. The Labute approximate surface area is 135 Å². The van der Waals surface area contributed by atoms with Gasteiger partial charge in [-0.05, 0) is 36.1 Å². The number of hydrogen-bond donors (Lipinski definition) is 0. The van der Waals surface area contributed by atoms with E-state index in [0.29, 0.717) is 0 Å². The Morgan fingerprint density at radius 3 is 2.39 bits per heavy atom. The van der Waals surface area contributed by atoms with Gasteiger partial charge < -0.3 is 4.18 Å². The van der Waals surface area contributed by atoms with Crippen LogP contribution < -0.4 is 4.18 Å². The number of nitro benzene ring substituents is 1. The molecule has 0 spiro atoms. The second-order valence-electron chi connectivity index (χ2n) is 5.46. The fourth-order valence-corrected chi connectivity index (χ4v) is 3.29. The predicted octanol–water partition coefficient (Wildman–Crippen LogP) is 3.79. The molecule has 0 aliphatic carbocycles. The van der Waals surface area contributed by atoms with Gasteiger partial charge in [0.1, 0.15) is 5.75 Å². The average molecular weight is 335 g/mol. The highest BCUT2D eigenvalue weighted by atomic mass is 32.2. The number of hydrogen-bond acceptors (Lipinski definition) is 5. The van der Waals surface area contributed by atoms with Crippen LogP contribution in [0.4, 0.5) is 5.69 Å². The van der Waals surface area contributed by atoms with Gasteiger partial charge in [-0.2, -0.15) is 8.42 Å². The highest BCUT2D eigenvalue weighted by Crippen LogP contribution is 2.32. The number of para-hydroxylation sites is 1. The van der Waals surface area contributed by atoms with Crippen LogP contribution >= 0.6 is 0 Å². The summed E-state index contributed by atoms with van der Waals surface area (Å²) >= 11 is 0. The Kier molecular flexibility index (Phi) is 4.70. The largest absolute Gasteiger partial charge is 0.378 e. The monoisotopic (exact) mass is 335 g/mol. The number of aryl methyl sites for hydroxylation is 1. The van der Waals surface area contributed by atoms with Crippen molar-refractivity contribution in [2.75, 3.05) is 0 Å². The van der Waals surface area contributed by atoms with Crippen LogP contribution in [0.1, 0.15) is 30.9 Å². The first-order chi connectivity index (χ1) is 10.7. The smallest absolute Gasteiger partial charge is 0.346 e. The lowest BCUT2D eigenvalue weighted by atomic mass is 10.0. The molecule has 23 heavy (non-hydrogen) atoms. The Bertz CT molecular complexity index is 843. The zero-order valence-corrected chi connectivity index (χ0v) is 13.8. The van der Waals surface area contributed by atoms with Crippen LogP contribution in [0.3, 0.4) is 0 Å². The van der Waals surface area contributed by atoms with Crippen LogP contribution in [-0.4, -0.2) is 13.3 Å². The lowest BCUT2D eigenvalue weighted by Crippen LogP contribution is -2.13. The number of nitro groups is 1. The normalized spacial score (nSPS) is 11.5. The molecular formula is C16H17NO5S. The Balaban J connectivity index is 2.52. The van der Waals surface area contributed by atoms with E-state index < -0.39 is 25.6 Å². The topological polar surface area (TPSA) is 86.5 Å². The van der Waals surface area contributed by atoms with Gasteiger partial charge in [0.05, 0.1) is 4.92 Å². The molecule has 0 aromatic heterocycles. The van der Waals surface area contributed by atoms with Crippen LogP contribution in [0.15, 0.2) is 47.4 Å². The summed E-state index contributed by atoms with van der Waals surface area (Å²) in [6.45, 7) is 5.64. The standard InChI is InChI=1S/C16H17NO5S/c1-11(2)13-9-8-12(3)10-15(13)22-23(20,21)16-7-5-4-6-14(16)17(18)19/h4-11H,1-3H3. The van der Waals surface area contributed by atoms with Gasteiger partial charge in [-0.3, -0.25) is 10.1 Å². The molecule has 0 radical (unpaired) electrons. The zero-order valence-electron chi connectivity index (χ0n) is 13.0. The minimum absolute atomic E-state index is 0.0477. The van der Waals surface area contributed by atoms with Crippen molar-refractivity contribution in [3.63, 3.8) is 0 Å². The van der Waals surface area contributed by atoms with Crippen molar-refractivity contribution in [3.8, 4) is 5.75 Å². The molecule has 0 fully saturated rings. The molecule has 2 aromatic carbocycles. The summed E-state index contributed by atoms with van der Waals surface area (Å²) in [4.78, 5) is 9.84. The van der Waals surface area contributed by atoms with E-state index in [1.807, 2.05) is 26.8 Å². The minimum atomic E-state index is -4.30. The van der Waals surface area contributed by atoms with E-state index >= 15 is 0 Å². The van der Waals surface area contributed by atoms with Crippen molar-refractivity contribution in [1.29, 1.82) is 0 Å². The molecule has 0 saturated heterocycles. The molecule has 0 N–H and O–H groups in total. The van der Waals surface area contributed by atoms with Crippen molar-refractivity contribution in [2.45, 2.75) is 31.6 Å². The van der Waals surface area contributed by atoms with E-state index in [0.717, 1.165) is 23.3 Å². The van der Waals surface area contributed by atoms with Gasteiger partial charge in [0.2, 0.25) is 0 Å². The molecule has 2 aromatic rings. The van der Waals surface area contributed by atoms with Crippen LogP contribution in [0.2, 0.25) is 0 Å². The van der Waals surface area contributed by atoms with E-state index in [4.69, 9.17) is 4.18 Å². The van der Waals surface area contributed by atoms with Crippen molar-refractivity contribution >= 4 is 15.8 Å². The SMILES string of the molecule is Cc1ccc(C(C)C)c(OS(=O)(=O)c2ccccc2[N+](=O)[O-])c1. The van der Waals surface area contributed by atoms with Crippen molar-refractivity contribution in [3.05, 3.63) is 63.7 Å². The van der Waals surface area contributed by atoms with Crippen LogP contribution in [-0.2, 0) is 10.1 Å². The first-order valence-electron chi connectivity index (χ1n) is 7.01. The molecule has 0 aliphatic heterocycles. The minimum Gasteiger partial charge on any atom is -0.378 e. The number of rotatable bonds is 5. The van der Waals surface area contributed by atoms with Crippen LogP contribution in [0.25, 0.3) is 0 Å². The molecule has 0 saturated carbocycles. The quantitative estimate of drug-likeness (QED) is 0.471. The maximum absolute atomic E-state index is 12.5. The van der Waals surface area contributed by atoms with E-state index in [-0.39, 0.29) is 11.7 Å². The predicted molar refractivity (Wildman–Crippen MR) is 86.2 cm³/mol. The number of nitrogens with zero attached hydrogens (tertiary/aromatic N) is 1. The summed E-state index contributed by atoms with van der Waals surface area (Å²) in [5.74, 6) is 0.240.